The molecule has 2 rings (SSSR count). The summed E-state index contributed by atoms with van der Waals surface area (Å²) in [5.74, 6) is 0. The van der Waals surface area contributed by atoms with E-state index in [2.05, 4.69) is 5.10 Å². The topological polar surface area (TPSA) is 58.7 Å². The molecule has 5 heteroatoms. The predicted octanol–water partition coefficient (Wildman–Crippen LogP) is 1.53. The van der Waals surface area contributed by atoms with Gasteiger partial charge in [0, 0.05) is 5.39 Å². The van der Waals surface area contributed by atoms with Crippen molar-refractivity contribution in [3.63, 3.8) is 0 Å². The molecule has 1 aromatic carbocycles. The lowest BCUT2D eigenvalue weighted by atomic mass is 10.2. The molecule has 0 aliphatic carbocycles. The van der Waals surface area contributed by atoms with Crippen LogP contribution in [0.3, 0.4) is 0 Å². The van der Waals surface area contributed by atoms with Crippen LogP contribution in [0.25, 0.3) is 10.9 Å². The Morgan fingerprint density at radius 3 is 3.00 bits per heavy atom. The molecule has 0 spiro atoms. The van der Waals surface area contributed by atoms with Crippen LogP contribution in [0, 0.1) is 11.3 Å². The molecule has 0 N–H and O–H groups in total. The number of halogens is 1. The number of rotatable bonds is 2. The number of aromatic nitrogens is 2. The van der Waals surface area contributed by atoms with E-state index in [-0.39, 0.29) is 12.0 Å². The Morgan fingerprint density at radius 2 is 2.25 bits per heavy atom. The van der Waals surface area contributed by atoms with Gasteiger partial charge in [-0.1, -0.05) is 12.1 Å². The predicted molar refractivity (Wildman–Crippen MR) is 61.3 cm³/mol. The van der Waals surface area contributed by atoms with Crippen molar-refractivity contribution < 1.29 is 0 Å². The highest BCUT2D eigenvalue weighted by Gasteiger charge is 2.07. The number of para-hydroxylation sites is 1. The number of fused-ring (bicyclic) bond motifs is 1. The minimum atomic E-state index is -0.654. The van der Waals surface area contributed by atoms with Crippen molar-refractivity contribution in [3.05, 3.63) is 40.7 Å². The van der Waals surface area contributed by atoms with E-state index in [1.165, 1.54) is 6.20 Å². The fraction of sp³-hybridized carbons (Fsp3) is 0.182. The van der Waals surface area contributed by atoms with Crippen LogP contribution in [-0.2, 0) is 6.54 Å². The highest BCUT2D eigenvalue weighted by atomic mass is 35.5. The molecule has 16 heavy (non-hydrogen) atoms. The third-order valence-electron chi connectivity index (χ3n) is 2.24. The quantitative estimate of drug-likeness (QED) is 0.739. The lowest BCUT2D eigenvalue weighted by Crippen LogP contribution is -2.16. The van der Waals surface area contributed by atoms with Crippen molar-refractivity contribution in [1.29, 1.82) is 5.26 Å². The largest absolute Gasteiger partial charge is 0.287 e. The molecule has 1 unspecified atom stereocenters. The zero-order valence-corrected chi connectivity index (χ0v) is 9.05. The maximum atomic E-state index is 11.5. The molecule has 1 heterocycles. The standard InChI is InChI=1S/C11H8ClN3O/c12-8(5-13)7-15-10-4-2-1-3-9(10)11(16)6-14-15/h1-4,6,8H,7H2. The third kappa shape index (κ3) is 1.90. The van der Waals surface area contributed by atoms with E-state index in [1.807, 2.05) is 12.1 Å². The van der Waals surface area contributed by atoms with Gasteiger partial charge in [0.15, 0.2) is 0 Å². The molecule has 0 aliphatic rings. The minimum absolute atomic E-state index is 0.130. The van der Waals surface area contributed by atoms with Crippen LogP contribution in [0.4, 0.5) is 0 Å². The number of hydrogen-bond acceptors (Lipinski definition) is 3. The number of benzene rings is 1. The van der Waals surface area contributed by atoms with Crippen LogP contribution < -0.4 is 5.43 Å². The van der Waals surface area contributed by atoms with Gasteiger partial charge in [-0.3, -0.25) is 9.48 Å². The Hall–Kier alpha value is -1.86. The molecule has 0 bridgehead atoms. The van der Waals surface area contributed by atoms with Gasteiger partial charge < -0.3 is 0 Å². The van der Waals surface area contributed by atoms with Crippen LogP contribution >= 0.6 is 11.6 Å². The Kier molecular flexibility index (Phi) is 2.88. The molecule has 0 saturated heterocycles. The van der Waals surface area contributed by atoms with E-state index in [1.54, 1.807) is 22.9 Å². The molecular weight excluding hydrogens is 226 g/mol. The van der Waals surface area contributed by atoms with E-state index >= 15 is 0 Å². The maximum absolute atomic E-state index is 11.5. The Morgan fingerprint density at radius 1 is 1.50 bits per heavy atom. The molecule has 1 aromatic heterocycles. The van der Waals surface area contributed by atoms with Crippen molar-refractivity contribution in [1.82, 2.24) is 9.78 Å². The summed E-state index contributed by atoms with van der Waals surface area (Å²) in [6.07, 6.45) is 1.24. The summed E-state index contributed by atoms with van der Waals surface area (Å²) in [4.78, 5) is 11.5. The second-order valence-electron chi connectivity index (χ2n) is 3.30. The summed E-state index contributed by atoms with van der Waals surface area (Å²) < 4.78 is 1.57. The minimum Gasteiger partial charge on any atom is -0.287 e. The fourth-order valence-corrected chi connectivity index (χ4v) is 1.63. The van der Waals surface area contributed by atoms with Crippen molar-refractivity contribution in [2.24, 2.45) is 0 Å². The van der Waals surface area contributed by atoms with Crippen LogP contribution in [0.1, 0.15) is 0 Å². The van der Waals surface area contributed by atoms with Gasteiger partial charge in [-0.2, -0.15) is 10.4 Å². The SMILES string of the molecule is N#CC(Cl)Cn1ncc(=O)c2ccccc21. The average Bonchev–Trinajstić information content (AvgIpc) is 2.33. The average molecular weight is 234 g/mol. The van der Waals surface area contributed by atoms with Crippen molar-refractivity contribution in [2.45, 2.75) is 11.9 Å². The molecular formula is C11H8ClN3O. The van der Waals surface area contributed by atoms with Gasteiger partial charge in [-0.15, -0.1) is 11.6 Å². The van der Waals surface area contributed by atoms with Gasteiger partial charge in [-0.05, 0) is 12.1 Å². The highest BCUT2D eigenvalue weighted by Crippen LogP contribution is 2.09. The number of hydrogen-bond donors (Lipinski definition) is 0. The molecule has 0 aliphatic heterocycles. The van der Waals surface area contributed by atoms with Crippen molar-refractivity contribution in [2.75, 3.05) is 0 Å². The van der Waals surface area contributed by atoms with Gasteiger partial charge in [0.05, 0.1) is 24.3 Å². The van der Waals surface area contributed by atoms with Crippen LogP contribution in [-0.4, -0.2) is 15.2 Å². The van der Waals surface area contributed by atoms with E-state index < -0.39 is 5.38 Å². The van der Waals surface area contributed by atoms with Gasteiger partial charge in [0.2, 0.25) is 5.43 Å². The molecule has 80 valence electrons. The smallest absolute Gasteiger partial charge is 0.207 e. The van der Waals surface area contributed by atoms with Crippen molar-refractivity contribution in [3.8, 4) is 6.07 Å². The Labute approximate surface area is 96.7 Å². The summed E-state index contributed by atoms with van der Waals surface area (Å²) in [5, 5.41) is 12.5. The summed E-state index contributed by atoms with van der Waals surface area (Å²) in [5.41, 5.74) is 0.561. The summed E-state index contributed by atoms with van der Waals surface area (Å²) >= 11 is 5.74. The van der Waals surface area contributed by atoms with Crippen LogP contribution in [0.15, 0.2) is 35.3 Å². The van der Waals surface area contributed by atoms with Gasteiger partial charge in [-0.25, -0.2) is 0 Å². The van der Waals surface area contributed by atoms with E-state index in [0.717, 1.165) is 0 Å². The lowest BCUT2D eigenvalue weighted by molar-refractivity contribution is 0.640. The van der Waals surface area contributed by atoms with Gasteiger partial charge in [0.25, 0.3) is 0 Å². The second kappa shape index (κ2) is 4.33. The number of nitrogens with zero attached hydrogens (tertiary/aromatic N) is 3. The molecule has 0 saturated carbocycles. The maximum Gasteiger partial charge on any atom is 0.207 e. The normalized spacial score (nSPS) is 12.2. The number of nitriles is 1. The van der Waals surface area contributed by atoms with Crippen LogP contribution in [0.2, 0.25) is 0 Å². The first-order valence-electron chi connectivity index (χ1n) is 4.71. The van der Waals surface area contributed by atoms with Crippen LogP contribution in [0.5, 0.6) is 0 Å². The first-order valence-corrected chi connectivity index (χ1v) is 5.14. The Balaban J connectivity index is 2.60. The highest BCUT2D eigenvalue weighted by molar-refractivity contribution is 6.22. The Bertz CT molecular complexity index is 614. The molecule has 0 radical (unpaired) electrons. The van der Waals surface area contributed by atoms with E-state index in [4.69, 9.17) is 16.9 Å². The molecule has 0 amide bonds. The molecule has 4 nitrogen and oxygen atoms in total. The molecule has 0 fully saturated rings. The zero-order chi connectivity index (χ0) is 11.5. The van der Waals surface area contributed by atoms with Gasteiger partial charge >= 0.3 is 0 Å². The summed E-state index contributed by atoms with van der Waals surface area (Å²) in [7, 11) is 0. The monoisotopic (exact) mass is 233 g/mol. The zero-order valence-electron chi connectivity index (χ0n) is 8.30. The van der Waals surface area contributed by atoms with Gasteiger partial charge in [0.1, 0.15) is 5.38 Å². The first-order chi connectivity index (χ1) is 7.72. The van der Waals surface area contributed by atoms with E-state index in [9.17, 15) is 4.79 Å². The first kappa shape index (κ1) is 10.7. The number of alkyl halides is 1. The lowest BCUT2D eigenvalue weighted by Gasteiger charge is -2.08. The summed E-state index contributed by atoms with van der Waals surface area (Å²) in [6, 6.07) is 9.03. The molecule has 2 aromatic rings. The van der Waals surface area contributed by atoms with Crippen molar-refractivity contribution >= 4 is 22.5 Å². The van der Waals surface area contributed by atoms with E-state index in [0.29, 0.717) is 10.9 Å². The fourth-order valence-electron chi connectivity index (χ4n) is 1.50. The molecule has 1 atom stereocenters. The second-order valence-corrected chi connectivity index (χ2v) is 3.83. The summed E-state index contributed by atoms with van der Waals surface area (Å²) in [6.45, 7) is 0.263. The third-order valence-corrected chi connectivity index (χ3v) is 2.47.